The number of aryl methyl sites for hydroxylation is 1. The SMILES string of the molecule is COc1ccc(NC(=O)c2ccc(NC(=O)CCNS(=O)(=O)c3cccc(C)c3)cc2)cc1. The Morgan fingerprint density at radius 3 is 2.15 bits per heavy atom. The van der Waals surface area contributed by atoms with Crippen LogP contribution in [0.4, 0.5) is 11.4 Å². The number of ether oxygens (including phenoxy) is 1. The van der Waals surface area contributed by atoms with Crippen LogP contribution in [0.1, 0.15) is 22.3 Å². The highest BCUT2D eigenvalue weighted by Crippen LogP contribution is 2.17. The molecule has 0 unspecified atom stereocenters. The van der Waals surface area contributed by atoms with Gasteiger partial charge in [-0.1, -0.05) is 12.1 Å². The van der Waals surface area contributed by atoms with Crippen LogP contribution in [0.5, 0.6) is 5.75 Å². The van der Waals surface area contributed by atoms with E-state index in [9.17, 15) is 18.0 Å². The summed E-state index contributed by atoms with van der Waals surface area (Å²) in [6.07, 6.45) is -0.0370. The minimum absolute atomic E-state index is 0.0370. The number of benzene rings is 3. The normalized spacial score (nSPS) is 11.0. The number of methoxy groups -OCH3 is 1. The molecule has 0 saturated heterocycles. The number of rotatable bonds is 9. The summed E-state index contributed by atoms with van der Waals surface area (Å²) in [5.41, 5.74) is 2.39. The number of sulfonamides is 1. The molecule has 2 amide bonds. The fourth-order valence-electron chi connectivity index (χ4n) is 2.97. The van der Waals surface area contributed by atoms with Crippen molar-refractivity contribution in [2.45, 2.75) is 18.2 Å². The summed E-state index contributed by atoms with van der Waals surface area (Å²) in [6.45, 7) is 1.77. The predicted molar refractivity (Wildman–Crippen MR) is 127 cm³/mol. The summed E-state index contributed by atoms with van der Waals surface area (Å²) >= 11 is 0. The molecule has 3 aromatic rings. The first-order valence-corrected chi connectivity index (χ1v) is 11.7. The number of carbonyl (C=O) groups is 2. The van der Waals surface area contributed by atoms with Gasteiger partial charge in [0.15, 0.2) is 0 Å². The van der Waals surface area contributed by atoms with Gasteiger partial charge >= 0.3 is 0 Å². The molecule has 0 aliphatic carbocycles. The molecule has 0 radical (unpaired) electrons. The van der Waals surface area contributed by atoms with Crippen LogP contribution in [0.3, 0.4) is 0 Å². The Morgan fingerprint density at radius 1 is 0.879 bits per heavy atom. The van der Waals surface area contributed by atoms with Gasteiger partial charge in [0.05, 0.1) is 12.0 Å². The number of hydrogen-bond donors (Lipinski definition) is 3. The van der Waals surface area contributed by atoms with Crippen molar-refractivity contribution in [3.05, 3.63) is 83.9 Å². The Balaban J connectivity index is 1.48. The van der Waals surface area contributed by atoms with E-state index in [0.29, 0.717) is 22.7 Å². The Morgan fingerprint density at radius 2 is 1.52 bits per heavy atom. The van der Waals surface area contributed by atoms with E-state index < -0.39 is 10.0 Å². The molecule has 3 aromatic carbocycles. The molecule has 0 fully saturated rings. The zero-order valence-electron chi connectivity index (χ0n) is 18.3. The molecule has 0 aliphatic heterocycles. The number of nitrogens with one attached hydrogen (secondary N) is 3. The zero-order chi connectivity index (χ0) is 23.8. The lowest BCUT2D eigenvalue weighted by atomic mass is 10.2. The van der Waals surface area contributed by atoms with Gasteiger partial charge in [-0.3, -0.25) is 9.59 Å². The van der Waals surface area contributed by atoms with Gasteiger partial charge in [-0.15, -0.1) is 0 Å². The first-order chi connectivity index (χ1) is 15.8. The van der Waals surface area contributed by atoms with Crippen molar-refractivity contribution in [2.75, 3.05) is 24.3 Å². The number of anilines is 2. The van der Waals surface area contributed by atoms with Crippen LogP contribution < -0.4 is 20.1 Å². The molecule has 172 valence electrons. The Kier molecular flexibility index (Phi) is 7.81. The quantitative estimate of drug-likeness (QED) is 0.445. The van der Waals surface area contributed by atoms with E-state index >= 15 is 0 Å². The van der Waals surface area contributed by atoms with Crippen LogP contribution >= 0.6 is 0 Å². The fourth-order valence-corrected chi connectivity index (χ4v) is 4.11. The van der Waals surface area contributed by atoms with E-state index in [4.69, 9.17) is 4.74 Å². The maximum atomic E-state index is 12.4. The van der Waals surface area contributed by atoms with Crippen molar-refractivity contribution < 1.29 is 22.7 Å². The molecule has 0 heterocycles. The summed E-state index contributed by atoms with van der Waals surface area (Å²) in [5, 5.41) is 5.47. The fraction of sp³-hybridized carbons (Fsp3) is 0.167. The third-order valence-electron chi connectivity index (χ3n) is 4.72. The van der Waals surface area contributed by atoms with Crippen molar-refractivity contribution in [2.24, 2.45) is 0 Å². The molecule has 0 aliphatic rings. The highest BCUT2D eigenvalue weighted by Gasteiger charge is 2.14. The summed E-state index contributed by atoms with van der Waals surface area (Å²) in [6, 6.07) is 19.9. The van der Waals surface area contributed by atoms with Gasteiger partial charge < -0.3 is 15.4 Å². The standard InChI is InChI=1S/C24H25N3O5S/c1-17-4-3-5-22(16-17)33(30,31)25-15-14-23(28)26-19-8-6-18(7-9-19)24(29)27-20-10-12-21(32-2)13-11-20/h3-13,16,25H,14-15H2,1-2H3,(H,26,28)(H,27,29). The smallest absolute Gasteiger partial charge is 0.255 e. The lowest BCUT2D eigenvalue weighted by Crippen LogP contribution is -2.27. The van der Waals surface area contributed by atoms with Crippen molar-refractivity contribution in [3.63, 3.8) is 0 Å². The van der Waals surface area contributed by atoms with Gasteiger partial charge in [-0.25, -0.2) is 13.1 Å². The topological polar surface area (TPSA) is 114 Å². The minimum Gasteiger partial charge on any atom is -0.497 e. The highest BCUT2D eigenvalue weighted by molar-refractivity contribution is 7.89. The van der Waals surface area contributed by atoms with E-state index in [1.807, 2.05) is 0 Å². The predicted octanol–water partition coefficient (Wildman–Crippen LogP) is 3.56. The third kappa shape index (κ3) is 6.90. The molecule has 33 heavy (non-hydrogen) atoms. The lowest BCUT2D eigenvalue weighted by molar-refractivity contribution is -0.116. The first kappa shape index (κ1) is 24.0. The van der Waals surface area contributed by atoms with Crippen molar-refractivity contribution in [1.82, 2.24) is 4.72 Å². The Bertz CT molecular complexity index is 1220. The second kappa shape index (κ2) is 10.8. The summed E-state index contributed by atoms with van der Waals surface area (Å²) < 4.78 is 32.1. The monoisotopic (exact) mass is 467 g/mol. The van der Waals surface area contributed by atoms with E-state index in [-0.39, 0.29) is 29.7 Å². The lowest BCUT2D eigenvalue weighted by Gasteiger charge is -2.09. The van der Waals surface area contributed by atoms with Crippen molar-refractivity contribution in [1.29, 1.82) is 0 Å². The maximum Gasteiger partial charge on any atom is 0.255 e. The average molecular weight is 468 g/mol. The Labute approximate surface area is 193 Å². The highest BCUT2D eigenvalue weighted by atomic mass is 32.2. The number of carbonyl (C=O) groups excluding carboxylic acids is 2. The summed E-state index contributed by atoms with van der Waals surface area (Å²) in [5.74, 6) is 0.0528. The van der Waals surface area contributed by atoms with Gasteiger partial charge in [-0.2, -0.15) is 0 Å². The number of amides is 2. The van der Waals surface area contributed by atoms with Crippen LogP contribution in [-0.4, -0.2) is 33.9 Å². The van der Waals surface area contributed by atoms with Crippen molar-refractivity contribution in [3.8, 4) is 5.75 Å². The molecule has 0 aromatic heterocycles. The van der Waals surface area contributed by atoms with Gasteiger partial charge in [0.1, 0.15) is 5.75 Å². The van der Waals surface area contributed by atoms with Gasteiger partial charge in [0.25, 0.3) is 5.91 Å². The van der Waals surface area contributed by atoms with Gasteiger partial charge in [0, 0.05) is 29.9 Å². The Hall–Kier alpha value is -3.69. The molecule has 9 heteroatoms. The second-order valence-corrected chi connectivity index (χ2v) is 9.04. The molecular weight excluding hydrogens is 442 g/mol. The van der Waals surface area contributed by atoms with E-state index in [0.717, 1.165) is 5.56 Å². The number of hydrogen-bond acceptors (Lipinski definition) is 5. The van der Waals surface area contributed by atoms with Crippen LogP contribution in [0.2, 0.25) is 0 Å². The van der Waals surface area contributed by atoms with Gasteiger partial charge in [-0.05, 0) is 73.2 Å². The first-order valence-electron chi connectivity index (χ1n) is 10.2. The van der Waals surface area contributed by atoms with E-state index in [1.54, 1.807) is 80.8 Å². The molecule has 3 N–H and O–H groups in total. The zero-order valence-corrected chi connectivity index (χ0v) is 19.1. The third-order valence-corrected chi connectivity index (χ3v) is 6.18. The maximum absolute atomic E-state index is 12.4. The summed E-state index contributed by atoms with van der Waals surface area (Å²) in [7, 11) is -2.11. The molecule has 0 spiro atoms. The molecule has 0 bridgehead atoms. The molecular formula is C24H25N3O5S. The molecule has 0 saturated carbocycles. The van der Waals surface area contributed by atoms with Crippen molar-refractivity contribution >= 4 is 33.2 Å². The van der Waals surface area contributed by atoms with Crippen LogP contribution in [0, 0.1) is 6.92 Å². The minimum atomic E-state index is -3.68. The van der Waals surface area contributed by atoms with Gasteiger partial charge in [0.2, 0.25) is 15.9 Å². The van der Waals surface area contributed by atoms with E-state index in [1.165, 1.54) is 6.07 Å². The summed E-state index contributed by atoms with van der Waals surface area (Å²) in [4.78, 5) is 24.7. The molecule has 0 atom stereocenters. The second-order valence-electron chi connectivity index (χ2n) is 7.27. The van der Waals surface area contributed by atoms with E-state index in [2.05, 4.69) is 15.4 Å². The largest absolute Gasteiger partial charge is 0.497 e. The average Bonchev–Trinajstić information content (AvgIpc) is 2.80. The van der Waals surface area contributed by atoms with Crippen LogP contribution in [0.15, 0.2) is 77.7 Å². The van der Waals surface area contributed by atoms with Crippen LogP contribution in [0.25, 0.3) is 0 Å². The molecule has 8 nitrogen and oxygen atoms in total. The molecule has 3 rings (SSSR count). The van der Waals surface area contributed by atoms with Crippen LogP contribution in [-0.2, 0) is 14.8 Å².